The van der Waals surface area contributed by atoms with Crippen LogP contribution in [0.15, 0.2) is 41.4 Å². The van der Waals surface area contributed by atoms with Crippen molar-refractivity contribution in [3.05, 3.63) is 53.6 Å². The third kappa shape index (κ3) is 5.62. The highest BCUT2D eigenvalue weighted by atomic mass is 19.1. The van der Waals surface area contributed by atoms with E-state index in [4.69, 9.17) is 4.74 Å². The number of carbonyl (C=O) groups excluding carboxylic acids is 1. The number of nitrogens with one attached hydrogen (secondary N) is 3. The number of amides is 1. The quantitative estimate of drug-likeness (QED) is 0.484. The molecule has 0 spiro atoms. The standard InChI is InChI=1S/C22H27F2N5O2/c1-14(30)27-19-11-15(7-8-20(19)31-3)12-26-22(25-2)28-16-9-10-29(13-16)21-17(23)5-4-6-18(21)24/h4-8,11,16H,9-10,12-13H2,1-3H3,(H,27,30)(H2,25,26,28). The number of carbonyl (C=O) groups is 1. The second-order valence-corrected chi connectivity index (χ2v) is 7.29. The number of rotatable bonds is 6. The number of methoxy groups -OCH3 is 1. The van der Waals surface area contributed by atoms with E-state index in [1.54, 1.807) is 25.1 Å². The molecule has 31 heavy (non-hydrogen) atoms. The van der Waals surface area contributed by atoms with Crippen molar-refractivity contribution >= 4 is 23.2 Å². The summed E-state index contributed by atoms with van der Waals surface area (Å²) in [6, 6.07) is 9.41. The van der Waals surface area contributed by atoms with Crippen LogP contribution in [-0.4, -0.2) is 45.2 Å². The molecular weight excluding hydrogens is 404 g/mol. The molecule has 1 saturated heterocycles. The summed E-state index contributed by atoms with van der Waals surface area (Å²) in [6.07, 6.45) is 0.726. The molecule has 1 unspecified atom stereocenters. The lowest BCUT2D eigenvalue weighted by molar-refractivity contribution is -0.114. The molecule has 2 aromatic rings. The Kier molecular flexibility index (Phi) is 7.28. The second-order valence-electron chi connectivity index (χ2n) is 7.29. The van der Waals surface area contributed by atoms with E-state index < -0.39 is 11.6 Å². The maximum Gasteiger partial charge on any atom is 0.221 e. The largest absolute Gasteiger partial charge is 0.495 e. The summed E-state index contributed by atoms with van der Waals surface area (Å²) in [6.45, 7) is 2.92. The van der Waals surface area contributed by atoms with Crippen LogP contribution in [0, 0.1) is 11.6 Å². The van der Waals surface area contributed by atoms with Crippen LogP contribution in [0.4, 0.5) is 20.2 Å². The SMILES string of the molecule is CN=C(NCc1ccc(OC)c(NC(C)=O)c1)NC1CCN(c2c(F)cccc2F)C1. The monoisotopic (exact) mass is 431 g/mol. The number of hydrogen-bond donors (Lipinski definition) is 3. The Morgan fingerprint density at radius 1 is 1.26 bits per heavy atom. The maximum atomic E-state index is 14.1. The van der Waals surface area contributed by atoms with Gasteiger partial charge in [-0.2, -0.15) is 0 Å². The lowest BCUT2D eigenvalue weighted by Gasteiger charge is -2.21. The Balaban J connectivity index is 1.59. The third-order valence-electron chi connectivity index (χ3n) is 5.04. The van der Waals surface area contributed by atoms with Crippen molar-refractivity contribution < 1.29 is 18.3 Å². The van der Waals surface area contributed by atoms with Crippen molar-refractivity contribution in [2.24, 2.45) is 4.99 Å². The summed E-state index contributed by atoms with van der Waals surface area (Å²) in [5, 5.41) is 9.28. The summed E-state index contributed by atoms with van der Waals surface area (Å²) >= 11 is 0. The zero-order chi connectivity index (χ0) is 22.4. The number of halogens is 2. The van der Waals surface area contributed by atoms with Gasteiger partial charge in [-0.05, 0) is 36.2 Å². The van der Waals surface area contributed by atoms with E-state index in [1.165, 1.54) is 25.1 Å². The van der Waals surface area contributed by atoms with Crippen molar-refractivity contribution in [3.8, 4) is 5.75 Å². The molecule has 1 heterocycles. The van der Waals surface area contributed by atoms with Gasteiger partial charge in [0.25, 0.3) is 0 Å². The van der Waals surface area contributed by atoms with Gasteiger partial charge in [0.05, 0.1) is 12.8 Å². The fraction of sp³-hybridized carbons (Fsp3) is 0.364. The zero-order valence-corrected chi connectivity index (χ0v) is 17.8. The Morgan fingerprint density at radius 3 is 2.65 bits per heavy atom. The molecule has 1 atom stereocenters. The minimum absolute atomic E-state index is 0.00369. The van der Waals surface area contributed by atoms with E-state index in [-0.39, 0.29) is 17.6 Å². The Bertz CT molecular complexity index is 947. The number of aliphatic imine (C=N–C) groups is 1. The number of para-hydroxylation sites is 1. The third-order valence-corrected chi connectivity index (χ3v) is 5.04. The number of ether oxygens (including phenoxy) is 1. The van der Waals surface area contributed by atoms with Crippen LogP contribution < -0.4 is 25.6 Å². The van der Waals surface area contributed by atoms with Gasteiger partial charge in [-0.15, -0.1) is 0 Å². The normalized spacial score (nSPS) is 16.2. The van der Waals surface area contributed by atoms with E-state index in [1.807, 2.05) is 12.1 Å². The molecule has 0 bridgehead atoms. The fourth-order valence-corrected chi connectivity index (χ4v) is 3.60. The molecule has 1 fully saturated rings. The van der Waals surface area contributed by atoms with Gasteiger partial charge in [0, 0.05) is 39.6 Å². The van der Waals surface area contributed by atoms with Crippen molar-refractivity contribution in [2.45, 2.75) is 25.9 Å². The van der Waals surface area contributed by atoms with Crippen molar-refractivity contribution in [1.29, 1.82) is 0 Å². The molecule has 0 aromatic heterocycles. The van der Waals surface area contributed by atoms with Crippen LogP contribution in [-0.2, 0) is 11.3 Å². The summed E-state index contributed by atoms with van der Waals surface area (Å²) in [5.74, 6) is -0.140. The van der Waals surface area contributed by atoms with Crippen molar-refractivity contribution in [3.63, 3.8) is 0 Å². The lowest BCUT2D eigenvalue weighted by Crippen LogP contribution is -2.44. The zero-order valence-electron chi connectivity index (χ0n) is 17.8. The van der Waals surface area contributed by atoms with Crippen LogP contribution >= 0.6 is 0 Å². The number of nitrogens with zero attached hydrogens (tertiary/aromatic N) is 2. The maximum absolute atomic E-state index is 14.1. The van der Waals surface area contributed by atoms with Crippen LogP contribution in [0.5, 0.6) is 5.75 Å². The molecule has 166 valence electrons. The second kappa shape index (κ2) is 10.1. The van der Waals surface area contributed by atoms with Gasteiger partial charge in [-0.1, -0.05) is 12.1 Å². The van der Waals surface area contributed by atoms with Gasteiger partial charge in [0.1, 0.15) is 23.1 Å². The summed E-state index contributed by atoms with van der Waals surface area (Å²) in [7, 11) is 3.21. The highest BCUT2D eigenvalue weighted by molar-refractivity contribution is 5.90. The van der Waals surface area contributed by atoms with Gasteiger partial charge in [0.15, 0.2) is 5.96 Å². The van der Waals surface area contributed by atoms with Crippen LogP contribution in [0.2, 0.25) is 0 Å². The molecule has 0 saturated carbocycles. The molecular formula is C22H27F2N5O2. The van der Waals surface area contributed by atoms with Crippen molar-refractivity contribution in [1.82, 2.24) is 10.6 Å². The van der Waals surface area contributed by atoms with Crippen LogP contribution in [0.25, 0.3) is 0 Å². The minimum Gasteiger partial charge on any atom is -0.495 e. The number of anilines is 2. The first-order chi connectivity index (χ1) is 14.9. The summed E-state index contributed by atoms with van der Waals surface area (Å²) in [4.78, 5) is 17.4. The van der Waals surface area contributed by atoms with E-state index in [2.05, 4.69) is 20.9 Å². The first kappa shape index (κ1) is 22.3. The van der Waals surface area contributed by atoms with Gasteiger partial charge < -0.3 is 25.6 Å². The fourth-order valence-electron chi connectivity index (χ4n) is 3.60. The number of guanidine groups is 1. The van der Waals surface area contributed by atoms with E-state index >= 15 is 0 Å². The lowest BCUT2D eigenvalue weighted by atomic mass is 10.2. The van der Waals surface area contributed by atoms with E-state index in [0.29, 0.717) is 37.0 Å². The summed E-state index contributed by atoms with van der Waals surface area (Å²) < 4.78 is 33.4. The number of hydrogen-bond acceptors (Lipinski definition) is 4. The predicted octanol–water partition coefficient (Wildman–Crippen LogP) is 2.88. The van der Waals surface area contributed by atoms with Gasteiger partial charge >= 0.3 is 0 Å². The molecule has 2 aromatic carbocycles. The average Bonchev–Trinajstić information content (AvgIpc) is 3.18. The molecule has 0 radical (unpaired) electrons. The predicted molar refractivity (Wildman–Crippen MR) is 118 cm³/mol. The highest BCUT2D eigenvalue weighted by Gasteiger charge is 2.27. The molecule has 3 N–H and O–H groups in total. The minimum atomic E-state index is -0.558. The average molecular weight is 431 g/mol. The molecule has 1 aliphatic rings. The Labute approximate surface area is 180 Å². The molecule has 1 aliphatic heterocycles. The van der Waals surface area contributed by atoms with Crippen LogP contribution in [0.1, 0.15) is 18.9 Å². The smallest absolute Gasteiger partial charge is 0.221 e. The number of benzene rings is 2. The van der Waals surface area contributed by atoms with Gasteiger partial charge in [-0.3, -0.25) is 9.79 Å². The highest BCUT2D eigenvalue weighted by Crippen LogP contribution is 2.27. The van der Waals surface area contributed by atoms with E-state index in [0.717, 1.165) is 12.0 Å². The first-order valence-electron chi connectivity index (χ1n) is 10.0. The molecule has 9 heteroatoms. The molecule has 1 amide bonds. The Hall–Kier alpha value is -3.36. The molecule has 3 rings (SSSR count). The van der Waals surface area contributed by atoms with E-state index in [9.17, 15) is 13.6 Å². The topological polar surface area (TPSA) is 78.0 Å². The van der Waals surface area contributed by atoms with Gasteiger partial charge in [-0.25, -0.2) is 8.78 Å². The molecule has 0 aliphatic carbocycles. The molecule has 7 nitrogen and oxygen atoms in total. The summed E-state index contributed by atoms with van der Waals surface area (Å²) in [5.41, 5.74) is 1.53. The van der Waals surface area contributed by atoms with Crippen molar-refractivity contribution in [2.75, 3.05) is 37.5 Å². The first-order valence-corrected chi connectivity index (χ1v) is 10.0. The van der Waals surface area contributed by atoms with Gasteiger partial charge in [0.2, 0.25) is 5.91 Å². The van der Waals surface area contributed by atoms with Crippen LogP contribution in [0.3, 0.4) is 0 Å². The Morgan fingerprint density at radius 2 is 2.00 bits per heavy atom.